The predicted octanol–water partition coefficient (Wildman–Crippen LogP) is 1.79. The summed E-state index contributed by atoms with van der Waals surface area (Å²) in [6.07, 6.45) is 0.244. The van der Waals surface area contributed by atoms with E-state index in [1.807, 2.05) is 12.1 Å². The van der Waals surface area contributed by atoms with Gasteiger partial charge in [-0.2, -0.15) is 4.98 Å². The standard InChI is InChI=1S/C12H12ClN3O2/c13-8-3-1-2-7(4-8)11-15-12(18-16-11)10-5-9(17)6-14-10/h1-4,9-10,14,17H,5-6H2. The van der Waals surface area contributed by atoms with Crippen LogP contribution in [0.2, 0.25) is 5.02 Å². The van der Waals surface area contributed by atoms with Crippen LogP contribution in [0.25, 0.3) is 11.4 Å². The Kier molecular flexibility index (Phi) is 3.03. The number of hydrogen-bond acceptors (Lipinski definition) is 5. The van der Waals surface area contributed by atoms with Gasteiger partial charge in [0.15, 0.2) is 0 Å². The molecule has 1 aliphatic heterocycles. The number of rotatable bonds is 2. The second kappa shape index (κ2) is 4.68. The van der Waals surface area contributed by atoms with E-state index in [9.17, 15) is 5.11 Å². The molecule has 0 radical (unpaired) electrons. The lowest BCUT2D eigenvalue weighted by atomic mass is 10.2. The van der Waals surface area contributed by atoms with Crippen molar-refractivity contribution in [1.82, 2.24) is 15.5 Å². The Morgan fingerprint density at radius 3 is 3.06 bits per heavy atom. The molecule has 0 saturated carbocycles. The highest BCUT2D eigenvalue weighted by Gasteiger charge is 2.28. The summed E-state index contributed by atoms with van der Waals surface area (Å²) in [5.41, 5.74) is 0.816. The van der Waals surface area contributed by atoms with Crippen LogP contribution in [-0.2, 0) is 0 Å². The molecule has 0 aliphatic carbocycles. The Morgan fingerprint density at radius 1 is 1.44 bits per heavy atom. The molecule has 1 saturated heterocycles. The van der Waals surface area contributed by atoms with Crippen LogP contribution in [-0.4, -0.2) is 27.9 Å². The highest BCUT2D eigenvalue weighted by molar-refractivity contribution is 6.30. The molecular formula is C12H12ClN3O2. The quantitative estimate of drug-likeness (QED) is 0.866. The summed E-state index contributed by atoms with van der Waals surface area (Å²) in [4.78, 5) is 4.33. The van der Waals surface area contributed by atoms with E-state index in [0.29, 0.717) is 29.7 Å². The summed E-state index contributed by atoms with van der Waals surface area (Å²) in [6.45, 7) is 0.555. The van der Waals surface area contributed by atoms with E-state index in [1.165, 1.54) is 0 Å². The van der Waals surface area contributed by atoms with Gasteiger partial charge >= 0.3 is 0 Å². The predicted molar refractivity (Wildman–Crippen MR) is 66.1 cm³/mol. The number of benzene rings is 1. The van der Waals surface area contributed by atoms with Crippen LogP contribution in [0, 0.1) is 0 Å². The number of aromatic nitrogens is 2. The minimum absolute atomic E-state index is 0.0690. The minimum atomic E-state index is -0.350. The first-order chi connectivity index (χ1) is 8.72. The number of halogens is 1. The van der Waals surface area contributed by atoms with Crippen LogP contribution >= 0.6 is 11.6 Å². The number of aliphatic hydroxyl groups is 1. The zero-order valence-corrected chi connectivity index (χ0v) is 10.3. The van der Waals surface area contributed by atoms with Gasteiger partial charge < -0.3 is 14.9 Å². The van der Waals surface area contributed by atoms with Crippen LogP contribution in [0.3, 0.4) is 0 Å². The topological polar surface area (TPSA) is 71.2 Å². The fourth-order valence-corrected chi connectivity index (χ4v) is 2.22. The fourth-order valence-electron chi connectivity index (χ4n) is 2.03. The molecule has 0 bridgehead atoms. The average molecular weight is 266 g/mol. The lowest BCUT2D eigenvalue weighted by Gasteiger charge is -2.01. The van der Waals surface area contributed by atoms with E-state index in [1.54, 1.807) is 12.1 Å². The summed E-state index contributed by atoms with van der Waals surface area (Å²) in [6, 6.07) is 7.22. The summed E-state index contributed by atoms with van der Waals surface area (Å²) in [5, 5.41) is 17.1. The van der Waals surface area contributed by atoms with E-state index < -0.39 is 0 Å². The molecule has 2 atom stereocenters. The highest BCUT2D eigenvalue weighted by atomic mass is 35.5. The second-order valence-corrected chi connectivity index (χ2v) is 4.75. The first-order valence-electron chi connectivity index (χ1n) is 5.73. The zero-order chi connectivity index (χ0) is 12.5. The van der Waals surface area contributed by atoms with Crippen molar-refractivity contribution in [2.75, 3.05) is 6.54 Å². The van der Waals surface area contributed by atoms with Crippen LogP contribution in [0.5, 0.6) is 0 Å². The van der Waals surface area contributed by atoms with Crippen molar-refractivity contribution in [3.63, 3.8) is 0 Å². The molecule has 1 aromatic heterocycles. The van der Waals surface area contributed by atoms with Crippen LogP contribution in [0.15, 0.2) is 28.8 Å². The van der Waals surface area contributed by atoms with Gasteiger partial charge in [0.1, 0.15) is 0 Å². The lowest BCUT2D eigenvalue weighted by molar-refractivity contribution is 0.191. The third kappa shape index (κ3) is 2.25. The van der Waals surface area contributed by atoms with Crippen molar-refractivity contribution >= 4 is 11.6 Å². The van der Waals surface area contributed by atoms with Gasteiger partial charge in [0, 0.05) is 17.1 Å². The van der Waals surface area contributed by atoms with Gasteiger partial charge in [-0.1, -0.05) is 28.9 Å². The monoisotopic (exact) mass is 265 g/mol. The summed E-state index contributed by atoms with van der Waals surface area (Å²) >= 11 is 5.92. The first kappa shape index (κ1) is 11.6. The maximum atomic E-state index is 9.45. The molecule has 0 spiro atoms. The maximum absolute atomic E-state index is 9.45. The van der Waals surface area contributed by atoms with Crippen molar-refractivity contribution in [3.05, 3.63) is 35.2 Å². The van der Waals surface area contributed by atoms with Crippen molar-refractivity contribution in [2.45, 2.75) is 18.6 Å². The summed E-state index contributed by atoms with van der Waals surface area (Å²) in [7, 11) is 0. The molecule has 2 aromatic rings. The Morgan fingerprint density at radius 2 is 2.33 bits per heavy atom. The number of hydrogen-bond donors (Lipinski definition) is 2. The van der Waals surface area contributed by atoms with E-state index in [-0.39, 0.29) is 12.1 Å². The molecule has 18 heavy (non-hydrogen) atoms. The molecule has 6 heteroatoms. The van der Waals surface area contributed by atoms with Crippen molar-refractivity contribution in [3.8, 4) is 11.4 Å². The molecule has 1 fully saturated rings. The van der Waals surface area contributed by atoms with E-state index in [4.69, 9.17) is 16.1 Å². The summed E-state index contributed by atoms with van der Waals surface area (Å²) in [5.74, 6) is 1.01. The van der Waals surface area contributed by atoms with Gasteiger partial charge in [0.2, 0.25) is 11.7 Å². The average Bonchev–Trinajstić information content (AvgIpc) is 2.97. The molecule has 1 aliphatic rings. The number of nitrogens with zero attached hydrogens (tertiary/aromatic N) is 2. The van der Waals surface area contributed by atoms with Crippen LogP contribution in [0.1, 0.15) is 18.4 Å². The van der Waals surface area contributed by atoms with Gasteiger partial charge in [-0.3, -0.25) is 0 Å². The van der Waals surface area contributed by atoms with Gasteiger partial charge in [0.05, 0.1) is 12.1 Å². The fraction of sp³-hybridized carbons (Fsp3) is 0.333. The zero-order valence-electron chi connectivity index (χ0n) is 9.51. The number of nitrogens with one attached hydrogen (secondary N) is 1. The molecular weight excluding hydrogens is 254 g/mol. The first-order valence-corrected chi connectivity index (χ1v) is 6.11. The van der Waals surface area contributed by atoms with Crippen molar-refractivity contribution < 1.29 is 9.63 Å². The smallest absolute Gasteiger partial charge is 0.244 e. The van der Waals surface area contributed by atoms with Gasteiger partial charge in [-0.05, 0) is 18.6 Å². The molecule has 2 unspecified atom stereocenters. The molecule has 2 heterocycles. The van der Waals surface area contributed by atoms with Crippen LogP contribution < -0.4 is 5.32 Å². The largest absolute Gasteiger partial charge is 0.392 e. The number of aliphatic hydroxyl groups excluding tert-OH is 1. The van der Waals surface area contributed by atoms with Crippen LogP contribution in [0.4, 0.5) is 0 Å². The number of β-amino-alcohol motifs (C(OH)–C–C–N with tert-alkyl or cyclic N) is 1. The molecule has 5 nitrogen and oxygen atoms in total. The van der Waals surface area contributed by atoms with Gasteiger partial charge in [-0.15, -0.1) is 0 Å². The minimum Gasteiger partial charge on any atom is -0.392 e. The molecule has 94 valence electrons. The molecule has 3 rings (SSSR count). The van der Waals surface area contributed by atoms with Crippen molar-refractivity contribution in [1.29, 1.82) is 0 Å². The normalized spacial score (nSPS) is 23.4. The SMILES string of the molecule is OC1CNC(c2nc(-c3cccc(Cl)c3)no2)C1. The Hall–Kier alpha value is -1.43. The Bertz CT molecular complexity index is 558. The van der Waals surface area contributed by atoms with Crippen molar-refractivity contribution in [2.24, 2.45) is 0 Å². The second-order valence-electron chi connectivity index (χ2n) is 4.32. The Labute approximate surface area is 109 Å². The lowest BCUT2D eigenvalue weighted by Crippen LogP contribution is -2.15. The third-order valence-corrected chi connectivity index (χ3v) is 3.17. The molecule has 0 amide bonds. The van der Waals surface area contributed by atoms with Gasteiger partial charge in [-0.25, -0.2) is 0 Å². The van der Waals surface area contributed by atoms with E-state index in [0.717, 1.165) is 5.56 Å². The molecule has 1 aromatic carbocycles. The summed E-state index contributed by atoms with van der Waals surface area (Å²) < 4.78 is 5.21. The van der Waals surface area contributed by atoms with Gasteiger partial charge in [0.25, 0.3) is 0 Å². The maximum Gasteiger partial charge on any atom is 0.244 e. The van der Waals surface area contributed by atoms with E-state index >= 15 is 0 Å². The molecule has 2 N–H and O–H groups in total. The Balaban J connectivity index is 1.85. The highest BCUT2D eigenvalue weighted by Crippen LogP contribution is 2.25. The van der Waals surface area contributed by atoms with E-state index in [2.05, 4.69) is 15.5 Å². The third-order valence-electron chi connectivity index (χ3n) is 2.93.